The van der Waals surface area contributed by atoms with E-state index in [-0.39, 0.29) is 0 Å². The van der Waals surface area contributed by atoms with E-state index in [1.807, 2.05) is 55.5 Å². The molecule has 0 N–H and O–H groups in total. The van der Waals surface area contributed by atoms with E-state index in [4.69, 9.17) is 14.2 Å². The van der Waals surface area contributed by atoms with Crippen molar-refractivity contribution in [2.75, 3.05) is 0 Å². The molecule has 168 valence electrons. The van der Waals surface area contributed by atoms with Gasteiger partial charge in [0.05, 0.1) is 0 Å². The maximum Gasteiger partial charge on any atom is 0.338 e. The molecule has 0 radical (unpaired) electrons. The van der Waals surface area contributed by atoms with Crippen molar-refractivity contribution < 1.29 is 23.8 Å². The third kappa shape index (κ3) is 6.43. The van der Waals surface area contributed by atoms with Crippen LogP contribution in [0.3, 0.4) is 0 Å². The van der Waals surface area contributed by atoms with Gasteiger partial charge in [-0.15, -0.1) is 0 Å². The second-order valence-corrected chi connectivity index (χ2v) is 7.77. The smallest absolute Gasteiger partial charge is 0.338 e. The highest BCUT2D eigenvalue weighted by Gasteiger charge is 2.09. The van der Waals surface area contributed by atoms with Crippen LogP contribution in [0.15, 0.2) is 91.0 Å². The van der Waals surface area contributed by atoms with Crippen LogP contribution in [-0.4, -0.2) is 11.9 Å². The lowest BCUT2D eigenvalue weighted by Gasteiger charge is -2.11. The summed E-state index contributed by atoms with van der Waals surface area (Å²) in [5, 5.41) is 0. The Morgan fingerprint density at radius 2 is 1.24 bits per heavy atom. The molecule has 0 heterocycles. The average molecular weight is 443 g/mol. The van der Waals surface area contributed by atoms with Crippen LogP contribution in [0.4, 0.5) is 0 Å². The first-order valence-corrected chi connectivity index (χ1v) is 10.4. The maximum absolute atomic E-state index is 11.7. The van der Waals surface area contributed by atoms with Crippen LogP contribution in [0.5, 0.6) is 17.2 Å². The third-order valence-electron chi connectivity index (χ3n) is 4.81. The molecule has 0 aromatic heterocycles. The van der Waals surface area contributed by atoms with Crippen LogP contribution in [0.1, 0.15) is 25.0 Å². The van der Waals surface area contributed by atoms with E-state index >= 15 is 0 Å². The lowest BCUT2D eigenvalue weighted by Crippen LogP contribution is -2.08. The van der Waals surface area contributed by atoms with Gasteiger partial charge in [-0.05, 0) is 79.4 Å². The molecule has 0 saturated carbocycles. The minimum Gasteiger partial charge on any atom is -0.489 e. The first-order valence-electron chi connectivity index (χ1n) is 10.4. The Balaban J connectivity index is 1.60. The van der Waals surface area contributed by atoms with Gasteiger partial charge in [-0.3, -0.25) is 0 Å². The van der Waals surface area contributed by atoms with E-state index in [0.717, 1.165) is 28.0 Å². The average Bonchev–Trinajstić information content (AvgIpc) is 2.79. The number of carbonyl (C=O) groups is 2. The molecule has 33 heavy (non-hydrogen) atoms. The van der Waals surface area contributed by atoms with E-state index in [2.05, 4.69) is 13.2 Å². The fraction of sp³-hybridized carbons (Fsp3) is 0.143. The predicted octanol–water partition coefficient (Wildman–Crippen LogP) is 6.20. The second kappa shape index (κ2) is 10.5. The Morgan fingerprint density at radius 1 is 0.727 bits per heavy atom. The molecular formula is C28H26O5. The normalized spacial score (nSPS) is 10.3. The number of hydrogen-bond acceptors (Lipinski definition) is 5. The number of ether oxygens (including phenoxy) is 3. The molecule has 0 amide bonds. The number of carbonyl (C=O) groups excluding carboxylic acids is 2. The van der Waals surface area contributed by atoms with E-state index in [0.29, 0.717) is 29.3 Å². The Bertz CT molecular complexity index is 1190. The van der Waals surface area contributed by atoms with Crippen molar-refractivity contribution in [3.63, 3.8) is 0 Å². The molecule has 0 saturated heterocycles. The van der Waals surface area contributed by atoms with Crippen LogP contribution >= 0.6 is 0 Å². The zero-order valence-corrected chi connectivity index (χ0v) is 19.0. The summed E-state index contributed by atoms with van der Waals surface area (Å²) in [6, 6.07) is 20.5. The van der Waals surface area contributed by atoms with Gasteiger partial charge in [-0.2, -0.15) is 0 Å². The molecule has 3 aromatic rings. The Labute approximate surface area is 193 Å². The first kappa shape index (κ1) is 23.5. The number of aryl methyl sites for hydroxylation is 1. The van der Waals surface area contributed by atoms with Gasteiger partial charge in [0, 0.05) is 11.1 Å². The van der Waals surface area contributed by atoms with Crippen molar-refractivity contribution in [1.82, 2.24) is 0 Å². The molecule has 0 unspecified atom stereocenters. The lowest BCUT2D eigenvalue weighted by molar-refractivity contribution is -0.130. The van der Waals surface area contributed by atoms with Gasteiger partial charge in [0.1, 0.15) is 23.9 Å². The van der Waals surface area contributed by atoms with Crippen molar-refractivity contribution in [3.05, 3.63) is 102 Å². The molecule has 0 fully saturated rings. The highest BCUT2D eigenvalue weighted by atomic mass is 16.5. The van der Waals surface area contributed by atoms with Gasteiger partial charge in [0.25, 0.3) is 0 Å². The van der Waals surface area contributed by atoms with Gasteiger partial charge in [-0.25, -0.2) is 9.59 Å². The SMILES string of the molecule is C=C(C)C(=O)Oc1ccc(COc2ccc(-c3ccc(OC(=O)C(=C)C)cc3C)cc2)cc1. The van der Waals surface area contributed by atoms with Gasteiger partial charge < -0.3 is 14.2 Å². The Hall–Kier alpha value is -4.12. The second-order valence-electron chi connectivity index (χ2n) is 7.77. The van der Waals surface area contributed by atoms with Gasteiger partial charge in [0.15, 0.2) is 0 Å². The van der Waals surface area contributed by atoms with Crippen molar-refractivity contribution in [3.8, 4) is 28.4 Å². The summed E-state index contributed by atoms with van der Waals surface area (Å²) in [4.78, 5) is 23.3. The van der Waals surface area contributed by atoms with Gasteiger partial charge in [-0.1, -0.05) is 43.5 Å². The largest absolute Gasteiger partial charge is 0.489 e. The lowest BCUT2D eigenvalue weighted by atomic mass is 10.0. The summed E-state index contributed by atoms with van der Waals surface area (Å²) in [7, 11) is 0. The quantitative estimate of drug-likeness (QED) is 0.236. The van der Waals surface area contributed by atoms with E-state index in [1.165, 1.54) is 0 Å². The summed E-state index contributed by atoms with van der Waals surface area (Å²) in [6.07, 6.45) is 0. The highest BCUT2D eigenvalue weighted by Crippen LogP contribution is 2.29. The molecule has 5 nitrogen and oxygen atoms in total. The minimum absolute atomic E-state index is 0.350. The summed E-state index contributed by atoms with van der Waals surface area (Å²) < 4.78 is 16.3. The number of rotatable bonds is 8. The number of hydrogen-bond donors (Lipinski definition) is 0. The summed E-state index contributed by atoms with van der Waals surface area (Å²) in [6.45, 7) is 12.7. The molecule has 3 aromatic carbocycles. The highest BCUT2D eigenvalue weighted by molar-refractivity contribution is 5.89. The summed E-state index contributed by atoms with van der Waals surface area (Å²) >= 11 is 0. The minimum atomic E-state index is -0.447. The van der Waals surface area contributed by atoms with Crippen molar-refractivity contribution in [2.45, 2.75) is 27.4 Å². The summed E-state index contributed by atoms with van der Waals surface area (Å²) in [5.41, 5.74) is 4.71. The molecule has 0 aliphatic carbocycles. The van der Waals surface area contributed by atoms with Gasteiger partial charge in [0.2, 0.25) is 0 Å². The van der Waals surface area contributed by atoms with Crippen molar-refractivity contribution in [1.29, 1.82) is 0 Å². The molecule has 0 aliphatic rings. The first-order chi connectivity index (χ1) is 15.7. The van der Waals surface area contributed by atoms with Crippen LogP contribution < -0.4 is 14.2 Å². The standard InChI is InChI=1S/C28H26O5/c1-18(2)27(29)32-24-10-6-21(7-11-24)17-31-23-12-8-22(9-13-23)26-15-14-25(16-20(26)5)33-28(30)19(3)4/h6-16H,1,3,17H2,2,4-5H3. The summed E-state index contributed by atoms with van der Waals surface area (Å²) in [5.74, 6) is 0.806. The topological polar surface area (TPSA) is 61.8 Å². The molecule has 0 bridgehead atoms. The fourth-order valence-corrected chi connectivity index (χ4v) is 2.96. The third-order valence-corrected chi connectivity index (χ3v) is 4.81. The van der Waals surface area contributed by atoms with Crippen LogP contribution in [0.2, 0.25) is 0 Å². The molecule has 3 rings (SSSR count). The molecular weight excluding hydrogens is 416 g/mol. The van der Waals surface area contributed by atoms with Gasteiger partial charge >= 0.3 is 11.9 Å². The molecule has 0 atom stereocenters. The van der Waals surface area contributed by atoms with Crippen molar-refractivity contribution >= 4 is 11.9 Å². The maximum atomic E-state index is 11.7. The predicted molar refractivity (Wildman–Crippen MR) is 128 cm³/mol. The fourth-order valence-electron chi connectivity index (χ4n) is 2.96. The van der Waals surface area contributed by atoms with Crippen LogP contribution in [0.25, 0.3) is 11.1 Å². The van der Waals surface area contributed by atoms with Crippen molar-refractivity contribution in [2.24, 2.45) is 0 Å². The van der Waals surface area contributed by atoms with Crippen LogP contribution in [-0.2, 0) is 16.2 Å². The van der Waals surface area contributed by atoms with Crippen LogP contribution in [0, 0.1) is 6.92 Å². The monoisotopic (exact) mass is 442 g/mol. The molecule has 0 spiro atoms. The Morgan fingerprint density at radius 3 is 1.79 bits per heavy atom. The number of benzene rings is 3. The van der Waals surface area contributed by atoms with E-state index in [1.54, 1.807) is 32.0 Å². The number of esters is 2. The Kier molecular flexibility index (Phi) is 7.46. The molecule has 0 aliphatic heterocycles. The van der Waals surface area contributed by atoms with E-state index in [9.17, 15) is 9.59 Å². The zero-order valence-electron chi connectivity index (χ0n) is 19.0. The van der Waals surface area contributed by atoms with E-state index < -0.39 is 11.9 Å². The zero-order chi connectivity index (χ0) is 24.0. The molecule has 5 heteroatoms.